The molecule has 4 heteroatoms. The topological polar surface area (TPSA) is 43.6 Å². The molecule has 0 atom stereocenters. The molecule has 3 rings (SSSR count). The Morgan fingerprint density at radius 1 is 1.42 bits per heavy atom. The quantitative estimate of drug-likeness (QED) is 0.787. The van der Waals surface area contributed by atoms with Crippen molar-refractivity contribution in [1.82, 2.24) is 4.57 Å². The van der Waals surface area contributed by atoms with Crippen LogP contribution in [-0.4, -0.2) is 29.8 Å². The summed E-state index contributed by atoms with van der Waals surface area (Å²) in [6.07, 6.45) is 0.885. The predicted octanol–water partition coefficient (Wildman–Crippen LogP) is 2.68. The lowest BCUT2D eigenvalue weighted by atomic mass is 10.0. The van der Waals surface area contributed by atoms with Crippen LogP contribution in [0.15, 0.2) is 23.2 Å². The molecule has 0 saturated carbocycles. The molecule has 0 spiro atoms. The molecule has 0 radical (unpaired) electrons. The first-order chi connectivity index (χ1) is 9.13. The molecule has 2 aromatic rings. The maximum atomic E-state index is 12.0. The summed E-state index contributed by atoms with van der Waals surface area (Å²) in [6.45, 7) is 4.34. The molecular formula is C15H16N2O2. The molecule has 0 bridgehead atoms. The Morgan fingerprint density at radius 2 is 2.21 bits per heavy atom. The van der Waals surface area contributed by atoms with E-state index >= 15 is 0 Å². The molecular weight excluding hydrogens is 240 g/mol. The minimum Gasteiger partial charge on any atom is -0.497 e. The Balaban J connectivity index is 2.43. The monoisotopic (exact) mass is 256 g/mol. The van der Waals surface area contributed by atoms with Gasteiger partial charge >= 0.3 is 0 Å². The van der Waals surface area contributed by atoms with E-state index in [0.29, 0.717) is 0 Å². The van der Waals surface area contributed by atoms with Gasteiger partial charge < -0.3 is 4.74 Å². The Bertz CT molecular complexity index is 710. The number of rotatable bonds is 1. The zero-order valence-electron chi connectivity index (χ0n) is 11.4. The molecule has 4 nitrogen and oxygen atoms in total. The van der Waals surface area contributed by atoms with E-state index in [0.717, 1.165) is 41.0 Å². The second-order valence-corrected chi connectivity index (χ2v) is 4.78. The number of carbonyl (C=O) groups excluding carboxylic acids is 1. The molecule has 0 amide bonds. The van der Waals surface area contributed by atoms with Gasteiger partial charge in [-0.2, -0.15) is 0 Å². The van der Waals surface area contributed by atoms with E-state index in [9.17, 15) is 4.79 Å². The molecule has 98 valence electrons. The van der Waals surface area contributed by atoms with Gasteiger partial charge in [0.05, 0.1) is 24.0 Å². The van der Waals surface area contributed by atoms with Gasteiger partial charge in [0.25, 0.3) is 0 Å². The normalized spacial score (nSPS) is 14.2. The van der Waals surface area contributed by atoms with Gasteiger partial charge in [-0.05, 0) is 31.0 Å². The summed E-state index contributed by atoms with van der Waals surface area (Å²) >= 11 is 0. The second-order valence-electron chi connectivity index (χ2n) is 4.78. The molecule has 0 saturated heterocycles. The van der Waals surface area contributed by atoms with Crippen LogP contribution in [0.25, 0.3) is 10.9 Å². The highest BCUT2D eigenvalue weighted by Crippen LogP contribution is 2.32. The third-order valence-corrected chi connectivity index (χ3v) is 3.65. The first-order valence-electron chi connectivity index (χ1n) is 6.37. The lowest BCUT2D eigenvalue weighted by Crippen LogP contribution is -2.17. The van der Waals surface area contributed by atoms with Gasteiger partial charge in [0.2, 0.25) is 5.91 Å². The van der Waals surface area contributed by atoms with Crippen molar-refractivity contribution in [3.63, 3.8) is 0 Å². The molecule has 1 aromatic carbocycles. The van der Waals surface area contributed by atoms with Gasteiger partial charge in [-0.3, -0.25) is 14.4 Å². The smallest absolute Gasteiger partial charge is 0.228 e. The molecule has 1 aliphatic rings. The van der Waals surface area contributed by atoms with Crippen molar-refractivity contribution in [2.45, 2.75) is 20.3 Å². The highest BCUT2D eigenvalue weighted by Gasteiger charge is 2.23. The van der Waals surface area contributed by atoms with Crippen LogP contribution < -0.4 is 4.74 Å². The maximum absolute atomic E-state index is 12.0. The standard InChI is InChI=1S/C15H16N2O2/c1-9-15-13(6-7-16-9)12-5-4-11(19-3)8-14(12)17(15)10(2)18/h4-5,8H,6-7H2,1-3H3. The number of aliphatic imine (C=N–C) groups is 1. The summed E-state index contributed by atoms with van der Waals surface area (Å²) in [5.74, 6) is 0.774. The summed E-state index contributed by atoms with van der Waals surface area (Å²) < 4.78 is 7.02. The molecule has 0 aliphatic carbocycles. The van der Waals surface area contributed by atoms with Crippen LogP contribution in [0.4, 0.5) is 0 Å². The zero-order valence-corrected chi connectivity index (χ0v) is 11.4. The number of carbonyl (C=O) groups is 1. The largest absolute Gasteiger partial charge is 0.497 e. The van der Waals surface area contributed by atoms with Gasteiger partial charge in [0.1, 0.15) is 5.75 Å². The number of ether oxygens (including phenoxy) is 1. The van der Waals surface area contributed by atoms with E-state index in [1.54, 1.807) is 18.6 Å². The first-order valence-corrected chi connectivity index (χ1v) is 6.37. The molecule has 1 aliphatic heterocycles. The number of benzene rings is 1. The number of methoxy groups -OCH3 is 1. The van der Waals surface area contributed by atoms with Gasteiger partial charge in [-0.25, -0.2) is 0 Å². The SMILES string of the molecule is COc1ccc2c3c(n(C(C)=O)c2c1)C(C)=NCC3. The van der Waals surface area contributed by atoms with Crippen LogP contribution in [0.3, 0.4) is 0 Å². The second kappa shape index (κ2) is 4.23. The van der Waals surface area contributed by atoms with Gasteiger partial charge in [-0.1, -0.05) is 0 Å². The third-order valence-electron chi connectivity index (χ3n) is 3.65. The molecule has 0 fully saturated rings. The molecule has 2 heterocycles. The van der Waals surface area contributed by atoms with Crippen molar-refractivity contribution in [2.75, 3.05) is 13.7 Å². The summed E-state index contributed by atoms with van der Waals surface area (Å²) in [5, 5.41) is 1.13. The number of fused-ring (bicyclic) bond motifs is 3. The van der Waals surface area contributed by atoms with Crippen molar-refractivity contribution >= 4 is 22.5 Å². The fourth-order valence-corrected chi connectivity index (χ4v) is 2.83. The van der Waals surface area contributed by atoms with Crippen LogP contribution in [0.1, 0.15) is 29.9 Å². The fraction of sp³-hybridized carbons (Fsp3) is 0.333. The van der Waals surface area contributed by atoms with Gasteiger partial charge in [-0.15, -0.1) is 0 Å². The molecule has 19 heavy (non-hydrogen) atoms. The predicted molar refractivity (Wildman–Crippen MR) is 75.6 cm³/mol. The molecule has 0 N–H and O–H groups in total. The lowest BCUT2D eigenvalue weighted by Gasteiger charge is -2.12. The first kappa shape index (κ1) is 12.0. The number of aromatic nitrogens is 1. The number of hydrogen-bond donors (Lipinski definition) is 0. The average Bonchev–Trinajstić information content (AvgIpc) is 2.73. The van der Waals surface area contributed by atoms with Crippen LogP contribution in [0.2, 0.25) is 0 Å². The van der Waals surface area contributed by atoms with Crippen LogP contribution in [-0.2, 0) is 6.42 Å². The van der Waals surface area contributed by atoms with E-state index in [4.69, 9.17) is 4.74 Å². The summed E-state index contributed by atoms with van der Waals surface area (Å²) in [6, 6.07) is 5.89. The Kier molecular flexibility index (Phi) is 2.66. The van der Waals surface area contributed by atoms with Gasteiger partial charge in [0, 0.05) is 24.9 Å². The van der Waals surface area contributed by atoms with Crippen molar-refractivity contribution in [1.29, 1.82) is 0 Å². The summed E-state index contributed by atoms with van der Waals surface area (Å²) in [7, 11) is 1.63. The zero-order chi connectivity index (χ0) is 13.6. The maximum Gasteiger partial charge on any atom is 0.228 e. The van der Waals surface area contributed by atoms with E-state index < -0.39 is 0 Å². The van der Waals surface area contributed by atoms with Crippen LogP contribution in [0.5, 0.6) is 5.75 Å². The summed E-state index contributed by atoms with van der Waals surface area (Å²) in [4.78, 5) is 16.5. The average molecular weight is 256 g/mol. The van der Waals surface area contributed by atoms with E-state index in [2.05, 4.69) is 4.99 Å². The number of nitrogens with zero attached hydrogens (tertiary/aromatic N) is 2. The lowest BCUT2D eigenvalue weighted by molar-refractivity contribution is 0.0941. The van der Waals surface area contributed by atoms with E-state index in [1.807, 2.05) is 25.1 Å². The Hall–Kier alpha value is -2.10. The van der Waals surface area contributed by atoms with E-state index in [1.165, 1.54) is 5.56 Å². The fourth-order valence-electron chi connectivity index (χ4n) is 2.83. The number of hydrogen-bond acceptors (Lipinski definition) is 3. The third kappa shape index (κ3) is 1.67. The highest BCUT2D eigenvalue weighted by molar-refractivity contribution is 6.10. The van der Waals surface area contributed by atoms with Crippen LogP contribution >= 0.6 is 0 Å². The van der Waals surface area contributed by atoms with Crippen molar-refractivity contribution in [3.8, 4) is 5.75 Å². The van der Waals surface area contributed by atoms with Gasteiger partial charge in [0.15, 0.2) is 0 Å². The molecule has 0 unspecified atom stereocenters. The van der Waals surface area contributed by atoms with E-state index in [-0.39, 0.29) is 5.91 Å². The van der Waals surface area contributed by atoms with Crippen molar-refractivity contribution < 1.29 is 9.53 Å². The van der Waals surface area contributed by atoms with Crippen molar-refractivity contribution in [3.05, 3.63) is 29.5 Å². The highest BCUT2D eigenvalue weighted by atomic mass is 16.5. The minimum absolute atomic E-state index is 0.0101. The summed E-state index contributed by atoms with van der Waals surface area (Å²) in [5.41, 5.74) is 4.03. The van der Waals surface area contributed by atoms with Crippen LogP contribution in [0, 0.1) is 0 Å². The Labute approximate surface area is 111 Å². The Morgan fingerprint density at radius 3 is 2.89 bits per heavy atom. The van der Waals surface area contributed by atoms with Crippen molar-refractivity contribution in [2.24, 2.45) is 4.99 Å². The minimum atomic E-state index is 0.0101. The molecule has 1 aromatic heterocycles.